The average molecular weight is 515 g/mol. The standard InChI is InChI=1S/C26H33F3O7/c1-15(2)35-25(33)8-4-7-23-24(36-23)12-20-19(21(31)13-22(20)32)10-9-17(30)14-34-18-6-3-5-16(11-18)26(27,28)29/h3,5-6,9-11,15,19-24,31-32H,4,7-8,12-14H2,1-2H3/b10-9+/t19-,20-,21-,22+,23?,24?/m1/s1. The summed E-state index contributed by atoms with van der Waals surface area (Å²) < 4.78 is 54.4. The number of carbonyl (C=O) groups excluding carboxylic acids is 2. The number of esters is 1. The summed E-state index contributed by atoms with van der Waals surface area (Å²) in [4.78, 5) is 23.9. The number of halogens is 3. The van der Waals surface area contributed by atoms with Gasteiger partial charge in [-0.3, -0.25) is 9.59 Å². The number of aliphatic hydroxyl groups is 2. The van der Waals surface area contributed by atoms with Crippen LogP contribution in [0.15, 0.2) is 36.4 Å². The minimum Gasteiger partial charge on any atom is -0.485 e. The van der Waals surface area contributed by atoms with Gasteiger partial charge in [0.1, 0.15) is 5.75 Å². The van der Waals surface area contributed by atoms with Gasteiger partial charge in [0.05, 0.1) is 36.1 Å². The highest BCUT2D eigenvalue weighted by atomic mass is 19.4. The summed E-state index contributed by atoms with van der Waals surface area (Å²) in [5.41, 5.74) is -0.870. The molecule has 36 heavy (non-hydrogen) atoms. The van der Waals surface area contributed by atoms with Gasteiger partial charge in [-0.2, -0.15) is 13.2 Å². The van der Waals surface area contributed by atoms with Gasteiger partial charge in [-0.1, -0.05) is 12.1 Å². The van der Waals surface area contributed by atoms with Crippen molar-refractivity contribution < 1.29 is 47.2 Å². The fourth-order valence-corrected chi connectivity index (χ4v) is 4.57. The van der Waals surface area contributed by atoms with Gasteiger partial charge in [-0.15, -0.1) is 0 Å². The van der Waals surface area contributed by atoms with E-state index < -0.39 is 42.3 Å². The SMILES string of the molecule is CC(C)OC(=O)CCCC1OC1C[C@@H]1[C@@H](/C=C/C(=O)COc2cccc(C(F)(F)F)c2)[C@H](O)C[C@@H]1O. The second-order valence-corrected chi connectivity index (χ2v) is 9.63. The molecule has 1 aromatic carbocycles. The smallest absolute Gasteiger partial charge is 0.416 e. The fraction of sp³-hybridized carbons (Fsp3) is 0.615. The molecule has 7 nitrogen and oxygen atoms in total. The number of hydrogen-bond donors (Lipinski definition) is 2. The van der Waals surface area contributed by atoms with E-state index in [0.29, 0.717) is 25.7 Å². The molecule has 3 rings (SSSR count). The number of alkyl halides is 3. The molecule has 1 heterocycles. The van der Waals surface area contributed by atoms with Crippen molar-refractivity contribution >= 4 is 11.8 Å². The number of ketones is 1. The molecule has 0 aromatic heterocycles. The molecule has 0 bridgehead atoms. The third-order valence-corrected chi connectivity index (χ3v) is 6.39. The zero-order valence-electron chi connectivity index (χ0n) is 20.3. The summed E-state index contributed by atoms with van der Waals surface area (Å²) in [5.74, 6) is -1.58. The van der Waals surface area contributed by atoms with Crippen molar-refractivity contribution in [1.82, 2.24) is 0 Å². The first kappa shape index (κ1) is 28.1. The Morgan fingerprint density at radius 2 is 1.94 bits per heavy atom. The zero-order chi connectivity index (χ0) is 26.5. The third-order valence-electron chi connectivity index (χ3n) is 6.39. The first-order chi connectivity index (χ1) is 16.9. The highest BCUT2D eigenvalue weighted by molar-refractivity contribution is 5.91. The van der Waals surface area contributed by atoms with Crippen LogP contribution in [0, 0.1) is 11.8 Å². The summed E-state index contributed by atoms with van der Waals surface area (Å²) in [7, 11) is 0. The third kappa shape index (κ3) is 8.31. The molecule has 10 heteroatoms. The molecule has 1 aromatic rings. The molecule has 0 radical (unpaired) electrons. The molecule has 1 saturated heterocycles. The van der Waals surface area contributed by atoms with E-state index in [-0.39, 0.29) is 42.4 Å². The van der Waals surface area contributed by atoms with Crippen LogP contribution >= 0.6 is 0 Å². The van der Waals surface area contributed by atoms with Crippen LogP contribution in [-0.2, 0) is 25.2 Å². The van der Waals surface area contributed by atoms with Crippen LogP contribution in [-0.4, -0.2) is 59.1 Å². The maximum absolute atomic E-state index is 12.8. The van der Waals surface area contributed by atoms with E-state index >= 15 is 0 Å². The van der Waals surface area contributed by atoms with Crippen LogP contribution < -0.4 is 4.74 Å². The molecule has 0 spiro atoms. The minimum atomic E-state index is -4.51. The van der Waals surface area contributed by atoms with Crippen molar-refractivity contribution in [3.63, 3.8) is 0 Å². The zero-order valence-corrected chi connectivity index (χ0v) is 20.3. The van der Waals surface area contributed by atoms with Gasteiger partial charge in [0.25, 0.3) is 0 Å². The van der Waals surface area contributed by atoms with Crippen molar-refractivity contribution in [2.24, 2.45) is 11.8 Å². The van der Waals surface area contributed by atoms with Gasteiger partial charge in [0, 0.05) is 18.8 Å². The molecular weight excluding hydrogens is 481 g/mol. The van der Waals surface area contributed by atoms with E-state index in [1.54, 1.807) is 13.8 Å². The number of hydrogen-bond acceptors (Lipinski definition) is 7. The van der Waals surface area contributed by atoms with Gasteiger partial charge in [-0.05, 0) is 63.3 Å². The van der Waals surface area contributed by atoms with E-state index in [1.807, 2.05) is 0 Å². The lowest BCUT2D eigenvalue weighted by molar-refractivity contribution is -0.147. The number of ether oxygens (including phenoxy) is 3. The highest BCUT2D eigenvalue weighted by Gasteiger charge is 2.47. The number of aliphatic hydroxyl groups excluding tert-OH is 2. The maximum atomic E-state index is 12.8. The Balaban J connectivity index is 1.46. The van der Waals surface area contributed by atoms with Gasteiger partial charge in [0.2, 0.25) is 0 Å². The number of carbonyl (C=O) groups is 2. The van der Waals surface area contributed by atoms with Gasteiger partial charge in [0.15, 0.2) is 12.4 Å². The number of rotatable bonds is 12. The van der Waals surface area contributed by atoms with Crippen molar-refractivity contribution in [1.29, 1.82) is 0 Å². The molecule has 2 N–H and O–H groups in total. The predicted octanol–water partition coefficient (Wildman–Crippen LogP) is 3.85. The molecule has 200 valence electrons. The Bertz CT molecular complexity index is 930. The van der Waals surface area contributed by atoms with Gasteiger partial charge >= 0.3 is 12.1 Å². The van der Waals surface area contributed by atoms with Crippen LogP contribution in [0.1, 0.15) is 51.5 Å². The first-order valence-corrected chi connectivity index (χ1v) is 12.2. The molecule has 1 aliphatic heterocycles. The maximum Gasteiger partial charge on any atom is 0.416 e. The molecule has 1 saturated carbocycles. The summed E-state index contributed by atoms with van der Waals surface area (Å²) >= 11 is 0. The lowest BCUT2D eigenvalue weighted by Crippen LogP contribution is -2.23. The highest BCUT2D eigenvalue weighted by Crippen LogP contribution is 2.42. The topological polar surface area (TPSA) is 106 Å². The summed E-state index contributed by atoms with van der Waals surface area (Å²) in [5, 5.41) is 20.8. The molecule has 2 fully saturated rings. The Labute approximate surface area is 208 Å². The van der Waals surface area contributed by atoms with E-state index in [0.717, 1.165) is 12.1 Å². The van der Waals surface area contributed by atoms with Gasteiger partial charge in [-0.25, -0.2) is 0 Å². The molecule has 2 unspecified atom stereocenters. The quantitative estimate of drug-likeness (QED) is 0.248. The molecule has 2 aliphatic rings. The average Bonchev–Trinajstić information content (AvgIpc) is 3.47. The number of benzene rings is 1. The molecule has 6 atom stereocenters. The molecule has 1 aliphatic carbocycles. The van der Waals surface area contributed by atoms with Crippen LogP contribution in [0.3, 0.4) is 0 Å². The Hall–Kier alpha value is -2.43. The van der Waals surface area contributed by atoms with Crippen molar-refractivity contribution in [2.75, 3.05) is 6.61 Å². The van der Waals surface area contributed by atoms with E-state index in [4.69, 9.17) is 14.2 Å². The van der Waals surface area contributed by atoms with Crippen molar-refractivity contribution in [2.45, 2.75) is 82.6 Å². The fourth-order valence-electron chi connectivity index (χ4n) is 4.57. The Morgan fingerprint density at radius 3 is 2.64 bits per heavy atom. The van der Waals surface area contributed by atoms with Crippen molar-refractivity contribution in [3.8, 4) is 5.75 Å². The summed E-state index contributed by atoms with van der Waals surface area (Å²) in [6.45, 7) is 3.13. The van der Waals surface area contributed by atoms with Crippen LogP contribution in [0.5, 0.6) is 5.75 Å². The normalized spacial score (nSPS) is 28.0. The van der Waals surface area contributed by atoms with Crippen LogP contribution in [0.25, 0.3) is 0 Å². The van der Waals surface area contributed by atoms with Crippen molar-refractivity contribution in [3.05, 3.63) is 42.0 Å². The second kappa shape index (κ2) is 12.2. The Morgan fingerprint density at radius 1 is 1.19 bits per heavy atom. The van der Waals surface area contributed by atoms with Gasteiger partial charge < -0.3 is 24.4 Å². The molecular formula is C26H33F3O7. The lowest BCUT2D eigenvalue weighted by Gasteiger charge is -2.19. The monoisotopic (exact) mass is 514 g/mol. The lowest BCUT2D eigenvalue weighted by atomic mass is 9.88. The second-order valence-electron chi connectivity index (χ2n) is 9.63. The largest absolute Gasteiger partial charge is 0.485 e. The minimum absolute atomic E-state index is 0.0195. The van der Waals surface area contributed by atoms with E-state index in [1.165, 1.54) is 24.3 Å². The van der Waals surface area contributed by atoms with Crippen LogP contribution in [0.2, 0.25) is 0 Å². The number of epoxide rings is 1. The van der Waals surface area contributed by atoms with E-state index in [2.05, 4.69) is 0 Å². The van der Waals surface area contributed by atoms with Crippen LogP contribution in [0.4, 0.5) is 13.2 Å². The van der Waals surface area contributed by atoms with E-state index in [9.17, 15) is 33.0 Å². The molecule has 0 amide bonds. The predicted molar refractivity (Wildman–Crippen MR) is 123 cm³/mol. The first-order valence-electron chi connectivity index (χ1n) is 12.2. The summed E-state index contributed by atoms with van der Waals surface area (Å²) in [6.07, 6.45) is -1.29. The summed E-state index contributed by atoms with van der Waals surface area (Å²) in [6, 6.07) is 4.27. The Kier molecular flexibility index (Phi) is 9.54.